The normalized spacial score (nSPS) is 11.6. The molecule has 2 heterocycles. The standard InChI is InChI=1S/C16H18N2S/c1-10(2)13-5-7-14(8-6-13)15-9-18-11(3)12(4)19-16(18)17-15/h5-10H,1-4H3. The summed E-state index contributed by atoms with van der Waals surface area (Å²) in [5.74, 6) is 0.574. The molecule has 0 N–H and O–H groups in total. The van der Waals surface area contributed by atoms with Gasteiger partial charge in [0.15, 0.2) is 4.96 Å². The van der Waals surface area contributed by atoms with Crippen molar-refractivity contribution in [1.29, 1.82) is 0 Å². The van der Waals surface area contributed by atoms with Gasteiger partial charge in [0.1, 0.15) is 0 Å². The first-order chi connectivity index (χ1) is 9.06. The Balaban J connectivity index is 2.04. The maximum absolute atomic E-state index is 4.72. The zero-order valence-corrected chi connectivity index (χ0v) is 12.6. The van der Waals surface area contributed by atoms with E-state index in [2.05, 4.69) is 62.6 Å². The average molecular weight is 270 g/mol. The monoisotopic (exact) mass is 270 g/mol. The minimum atomic E-state index is 0.574. The number of aromatic nitrogens is 2. The second-order valence-corrected chi connectivity index (χ2v) is 6.48. The molecule has 2 aromatic heterocycles. The first kappa shape index (κ1) is 12.4. The van der Waals surface area contributed by atoms with E-state index in [1.54, 1.807) is 11.3 Å². The van der Waals surface area contributed by atoms with Crippen molar-refractivity contribution in [2.45, 2.75) is 33.6 Å². The molecule has 0 saturated carbocycles. The highest BCUT2D eigenvalue weighted by molar-refractivity contribution is 7.17. The molecule has 19 heavy (non-hydrogen) atoms. The summed E-state index contributed by atoms with van der Waals surface area (Å²) in [6.07, 6.45) is 2.14. The fraction of sp³-hybridized carbons (Fsp3) is 0.312. The van der Waals surface area contributed by atoms with Crippen LogP contribution in [0.25, 0.3) is 16.2 Å². The average Bonchev–Trinajstić information content (AvgIpc) is 2.91. The van der Waals surface area contributed by atoms with E-state index < -0.39 is 0 Å². The molecule has 3 aromatic rings. The second-order valence-electron chi connectivity index (χ2n) is 5.30. The highest BCUT2D eigenvalue weighted by Gasteiger charge is 2.10. The van der Waals surface area contributed by atoms with E-state index in [9.17, 15) is 0 Å². The number of fused-ring (bicyclic) bond motifs is 1. The minimum absolute atomic E-state index is 0.574. The van der Waals surface area contributed by atoms with Gasteiger partial charge < -0.3 is 0 Å². The third-order valence-electron chi connectivity index (χ3n) is 3.66. The Labute approximate surface area is 117 Å². The summed E-state index contributed by atoms with van der Waals surface area (Å²) in [7, 11) is 0. The Hall–Kier alpha value is -1.61. The van der Waals surface area contributed by atoms with Gasteiger partial charge in [-0.25, -0.2) is 4.98 Å². The molecule has 0 amide bonds. The zero-order chi connectivity index (χ0) is 13.6. The van der Waals surface area contributed by atoms with Crippen LogP contribution >= 0.6 is 11.3 Å². The van der Waals surface area contributed by atoms with Crippen molar-refractivity contribution in [1.82, 2.24) is 9.38 Å². The predicted molar refractivity (Wildman–Crippen MR) is 82.1 cm³/mol. The molecule has 2 nitrogen and oxygen atoms in total. The fourth-order valence-corrected chi connectivity index (χ4v) is 3.19. The molecule has 0 unspecified atom stereocenters. The minimum Gasteiger partial charge on any atom is -0.294 e. The molecule has 0 atom stereocenters. The number of rotatable bonds is 2. The van der Waals surface area contributed by atoms with Crippen molar-refractivity contribution in [3.05, 3.63) is 46.6 Å². The summed E-state index contributed by atoms with van der Waals surface area (Å²) in [6.45, 7) is 8.72. The molecule has 0 aliphatic carbocycles. The first-order valence-corrected chi connectivity index (χ1v) is 7.43. The molecule has 0 saturated heterocycles. The number of thiazole rings is 1. The van der Waals surface area contributed by atoms with Gasteiger partial charge in [-0.2, -0.15) is 0 Å². The van der Waals surface area contributed by atoms with Gasteiger partial charge in [0.25, 0.3) is 0 Å². The topological polar surface area (TPSA) is 17.3 Å². The van der Waals surface area contributed by atoms with E-state index in [4.69, 9.17) is 4.98 Å². The number of hydrogen-bond acceptors (Lipinski definition) is 2. The van der Waals surface area contributed by atoms with Gasteiger partial charge in [0.2, 0.25) is 0 Å². The van der Waals surface area contributed by atoms with E-state index in [-0.39, 0.29) is 0 Å². The summed E-state index contributed by atoms with van der Waals surface area (Å²) >= 11 is 1.75. The van der Waals surface area contributed by atoms with E-state index in [0.717, 1.165) is 10.7 Å². The maximum Gasteiger partial charge on any atom is 0.194 e. The molecular weight excluding hydrogens is 252 g/mol. The van der Waals surface area contributed by atoms with Crippen LogP contribution in [-0.2, 0) is 0 Å². The molecule has 0 fully saturated rings. The van der Waals surface area contributed by atoms with E-state index in [1.165, 1.54) is 21.7 Å². The number of aryl methyl sites for hydroxylation is 2. The van der Waals surface area contributed by atoms with Crippen LogP contribution in [0.5, 0.6) is 0 Å². The molecule has 98 valence electrons. The van der Waals surface area contributed by atoms with E-state index in [1.807, 2.05) is 0 Å². The fourth-order valence-electron chi connectivity index (χ4n) is 2.23. The summed E-state index contributed by atoms with van der Waals surface area (Å²) in [5, 5.41) is 0. The predicted octanol–water partition coefficient (Wildman–Crippen LogP) is 4.80. The molecule has 3 heteroatoms. The Morgan fingerprint density at radius 2 is 1.79 bits per heavy atom. The summed E-state index contributed by atoms with van der Waals surface area (Å²) in [4.78, 5) is 7.14. The lowest BCUT2D eigenvalue weighted by molar-refractivity contribution is 0.867. The van der Waals surface area contributed by atoms with Crippen molar-refractivity contribution < 1.29 is 0 Å². The van der Waals surface area contributed by atoms with Gasteiger partial charge in [-0.15, -0.1) is 11.3 Å². The van der Waals surface area contributed by atoms with E-state index >= 15 is 0 Å². The van der Waals surface area contributed by atoms with Crippen LogP contribution in [-0.4, -0.2) is 9.38 Å². The molecule has 0 aliphatic rings. The van der Waals surface area contributed by atoms with Gasteiger partial charge >= 0.3 is 0 Å². The Morgan fingerprint density at radius 1 is 1.11 bits per heavy atom. The third kappa shape index (κ3) is 2.08. The van der Waals surface area contributed by atoms with Gasteiger partial charge in [-0.1, -0.05) is 38.1 Å². The first-order valence-electron chi connectivity index (χ1n) is 6.61. The lowest BCUT2D eigenvalue weighted by Gasteiger charge is -2.05. The number of benzene rings is 1. The Kier molecular flexibility index (Phi) is 2.94. The van der Waals surface area contributed by atoms with Gasteiger partial charge in [0, 0.05) is 22.3 Å². The molecule has 0 radical (unpaired) electrons. The molecule has 0 spiro atoms. The largest absolute Gasteiger partial charge is 0.294 e. The molecule has 0 aliphatic heterocycles. The number of imidazole rings is 1. The Bertz CT molecular complexity index is 717. The van der Waals surface area contributed by atoms with Crippen LogP contribution in [0.2, 0.25) is 0 Å². The third-order valence-corrected chi connectivity index (χ3v) is 4.73. The highest BCUT2D eigenvalue weighted by Crippen LogP contribution is 2.27. The van der Waals surface area contributed by atoms with Gasteiger partial charge in [-0.3, -0.25) is 4.40 Å². The molecule has 0 bridgehead atoms. The molecule has 3 rings (SSSR count). The summed E-state index contributed by atoms with van der Waals surface area (Å²) in [5.41, 5.74) is 4.91. The van der Waals surface area contributed by atoms with Crippen molar-refractivity contribution in [3.63, 3.8) is 0 Å². The molecule has 1 aromatic carbocycles. The van der Waals surface area contributed by atoms with Gasteiger partial charge in [-0.05, 0) is 25.3 Å². The van der Waals surface area contributed by atoms with Crippen LogP contribution in [0, 0.1) is 13.8 Å². The van der Waals surface area contributed by atoms with Crippen molar-refractivity contribution in [2.75, 3.05) is 0 Å². The Morgan fingerprint density at radius 3 is 2.37 bits per heavy atom. The zero-order valence-electron chi connectivity index (χ0n) is 11.8. The lowest BCUT2D eigenvalue weighted by atomic mass is 10.0. The maximum atomic E-state index is 4.72. The van der Waals surface area contributed by atoms with E-state index in [0.29, 0.717) is 5.92 Å². The number of hydrogen-bond donors (Lipinski definition) is 0. The highest BCUT2D eigenvalue weighted by atomic mass is 32.1. The van der Waals surface area contributed by atoms with Crippen molar-refractivity contribution >= 4 is 16.3 Å². The van der Waals surface area contributed by atoms with Gasteiger partial charge in [0.05, 0.1) is 5.69 Å². The van der Waals surface area contributed by atoms with Crippen molar-refractivity contribution in [3.8, 4) is 11.3 Å². The SMILES string of the molecule is Cc1sc2nc(-c3ccc(C(C)C)cc3)cn2c1C. The summed E-state index contributed by atoms with van der Waals surface area (Å²) in [6, 6.07) is 8.74. The van der Waals surface area contributed by atoms with Crippen LogP contribution in [0.3, 0.4) is 0 Å². The quantitative estimate of drug-likeness (QED) is 0.653. The van der Waals surface area contributed by atoms with Crippen LogP contribution < -0.4 is 0 Å². The second kappa shape index (κ2) is 4.49. The van der Waals surface area contributed by atoms with Crippen LogP contribution in [0.1, 0.15) is 35.9 Å². The smallest absolute Gasteiger partial charge is 0.194 e. The summed E-state index contributed by atoms with van der Waals surface area (Å²) < 4.78 is 2.19. The number of nitrogens with zero attached hydrogens (tertiary/aromatic N) is 2. The molecular formula is C16H18N2S. The van der Waals surface area contributed by atoms with Crippen LogP contribution in [0.4, 0.5) is 0 Å². The lowest BCUT2D eigenvalue weighted by Crippen LogP contribution is -1.86. The van der Waals surface area contributed by atoms with Crippen molar-refractivity contribution in [2.24, 2.45) is 0 Å². The van der Waals surface area contributed by atoms with Crippen LogP contribution in [0.15, 0.2) is 30.5 Å².